The van der Waals surface area contributed by atoms with Crippen molar-refractivity contribution in [3.05, 3.63) is 22.5 Å². The van der Waals surface area contributed by atoms with E-state index in [1.54, 1.807) is 6.07 Å². The highest BCUT2D eigenvalue weighted by Gasteiger charge is 2.27. The third-order valence-electron chi connectivity index (χ3n) is 3.48. The molecule has 2 rings (SSSR count). The van der Waals surface area contributed by atoms with E-state index in [0.29, 0.717) is 17.3 Å². The number of aromatic nitrogens is 1. The fourth-order valence-electron chi connectivity index (χ4n) is 2.34. The maximum Gasteiger partial charge on any atom is 0.268 e. The van der Waals surface area contributed by atoms with E-state index in [9.17, 15) is 4.79 Å². The number of rotatable bonds is 5. The number of ether oxygens (including phenoxy) is 1. The Kier molecular flexibility index (Phi) is 5.46. The summed E-state index contributed by atoms with van der Waals surface area (Å²) in [5, 5.41) is 6.92. The molecule has 0 bridgehead atoms. The minimum absolute atomic E-state index is 0.0270. The maximum atomic E-state index is 12.2. The van der Waals surface area contributed by atoms with Gasteiger partial charge in [-0.2, -0.15) is 0 Å². The summed E-state index contributed by atoms with van der Waals surface area (Å²) in [4.78, 5) is 15.2. The highest BCUT2D eigenvalue weighted by Crippen LogP contribution is 2.16. The third kappa shape index (κ3) is 3.75. The van der Waals surface area contributed by atoms with E-state index in [0.717, 1.165) is 31.6 Å². The Balaban J connectivity index is 1.97. The van der Waals surface area contributed by atoms with E-state index in [2.05, 4.69) is 22.5 Å². The monoisotopic (exact) mass is 299 g/mol. The lowest BCUT2D eigenvalue weighted by Crippen LogP contribution is -2.53. The van der Waals surface area contributed by atoms with Gasteiger partial charge >= 0.3 is 0 Å². The number of H-pyrrole nitrogens is 1. The Labute approximate surface area is 124 Å². The van der Waals surface area contributed by atoms with E-state index in [1.165, 1.54) is 0 Å². The number of carbonyl (C=O) groups excluding carboxylic acids is 1. The fourth-order valence-corrected chi connectivity index (χ4v) is 2.50. The number of aryl methyl sites for hydroxylation is 1. The molecule has 5 nitrogen and oxygen atoms in total. The van der Waals surface area contributed by atoms with Crippen LogP contribution in [0.2, 0.25) is 5.02 Å². The second kappa shape index (κ2) is 7.11. The van der Waals surface area contributed by atoms with Gasteiger partial charge in [0.2, 0.25) is 0 Å². The fraction of sp³-hybridized carbons (Fsp3) is 0.643. The molecule has 0 radical (unpaired) electrons. The van der Waals surface area contributed by atoms with Crippen molar-refractivity contribution in [1.82, 2.24) is 15.6 Å². The van der Waals surface area contributed by atoms with Crippen LogP contribution in [-0.4, -0.2) is 42.7 Å². The molecule has 1 aromatic heterocycles. The van der Waals surface area contributed by atoms with Crippen LogP contribution in [0.25, 0.3) is 0 Å². The molecule has 0 unspecified atom stereocenters. The van der Waals surface area contributed by atoms with Crippen molar-refractivity contribution < 1.29 is 9.53 Å². The lowest BCUT2D eigenvalue weighted by molar-refractivity contribution is 0.0142. The summed E-state index contributed by atoms with van der Waals surface area (Å²) >= 11 is 5.97. The van der Waals surface area contributed by atoms with Gasteiger partial charge in [-0.15, -0.1) is 0 Å². The second-order valence-electron chi connectivity index (χ2n) is 5.14. The lowest BCUT2D eigenvalue weighted by atomic mass is 10.0. The largest absolute Gasteiger partial charge is 0.375 e. The normalized spacial score (nSPS) is 22.8. The van der Waals surface area contributed by atoms with Crippen molar-refractivity contribution in [2.45, 2.75) is 38.8 Å². The van der Waals surface area contributed by atoms with Gasteiger partial charge in [-0.3, -0.25) is 4.79 Å². The minimum atomic E-state index is -0.128. The quantitative estimate of drug-likeness (QED) is 0.777. The van der Waals surface area contributed by atoms with Crippen molar-refractivity contribution in [3.8, 4) is 0 Å². The first kappa shape index (κ1) is 15.4. The third-order valence-corrected chi connectivity index (χ3v) is 3.87. The van der Waals surface area contributed by atoms with Crippen molar-refractivity contribution in [3.63, 3.8) is 0 Å². The molecule has 0 saturated carbocycles. The Morgan fingerprint density at radius 2 is 2.40 bits per heavy atom. The van der Waals surface area contributed by atoms with Gasteiger partial charge in [-0.1, -0.05) is 18.5 Å². The molecule has 2 atom stereocenters. The maximum absolute atomic E-state index is 12.2. The van der Waals surface area contributed by atoms with Crippen LogP contribution in [0.4, 0.5) is 0 Å². The van der Waals surface area contributed by atoms with Gasteiger partial charge in [0.15, 0.2) is 0 Å². The molecule has 1 fully saturated rings. The van der Waals surface area contributed by atoms with Crippen LogP contribution in [0.5, 0.6) is 0 Å². The molecule has 112 valence electrons. The molecular formula is C14H22ClN3O2. The summed E-state index contributed by atoms with van der Waals surface area (Å²) < 4.78 is 5.80. The Morgan fingerprint density at radius 1 is 1.60 bits per heavy atom. The average Bonchev–Trinajstić information content (AvgIpc) is 2.78. The molecule has 0 spiro atoms. The van der Waals surface area contributed by atoms with E-state index in [-0.39, 0.29) is 18.1 Å². The summed E-state index contributed by atoms with van der Waals surface area (Å²) in [6, 6.07) is 1.70. The first-order valence-electron chi connectivity index (χ1n) is 7.10. The Bertz CT molecular complexity index is 442. The highest BCUT2D eigenvalue weighted by molar-refractivity contribution is 6.31. The second-order valence-corrected chi connectivity index (χ2v) is 5.55. The number of amides is 1. The average molecular weight is 300 g/mol. The number of nitrogens with one attached hydrogen (secondary N) is 3. The van der Waals surface area contributed by atoms with Crippen molar-refractivity contribution in [2.75, 3.05) is 19.7 Å². The number of hydrogen-bond donors (Lipinski definition) is 3. The van der Waals surface area contributed by atoms with Gasteiger partial charge in [0.1, 0.15) is 5.69 Å². The molecule has 1 aliphatic rings. The zero-order chi connectivity index (χ0) is 14.5. The number of piperidine rings is 1. The van der Waals surface area contributed by atoms with Crippen LogP contribution >= 0.6 is 11.6 Å². The van der Waals surface area contributed by atoms with Gasteiger partial charge in [0, 0.05) is 18.8 Å². The number of aromatic amines is 1. The Morgan fingerprint density at radius 3 is 3.05 bits per heavy atom. The van der Waals surface area contributed by atoms with Crippen LogP contribution in [-0.2, 0) is 4.74 Å². The SMILES string of the molecule is CCCO[C@H]1CNCC[C@H]1NC(=O)c1cc(Cl)c(C)[nH]1. The van der Waals surface area contributed by atoms with Crippen LogP contribution in [0.3, 0.4) is 0 Å². The molecule has 6 heteroatoms. The lowest BCUT2D eigenvalue weighted by Gasteiger charge is -2.32. The molecule has 1 aliphatic heterocycles. The first-order chi connectivity index (χ1) is 9.61. The van der Waals surface area contributed by atoms with Gasteiger partial charge in [0.05, 0.1) is 17.2 Å². The van der Waals surface area contributed by atoms with Gasteiger partial charge in [-0.05, 0) is 32.4 Å². The van der Waals surface area contributed by atoms with E-state index in [4.69, 9.17) is 16.3 Å². The molecule has 1 aromatic rings. The Hall–Kier alpha value is -1.04. The summed E-state index contributed by atoms with van der Waals surface area (Å²) in [6.07, 6.45) is 1.87. The van der Waals surface area contributed by atoms with E-state index in [1.807, 2.05) is 6.92 Å². The minimum Gasteiger partial charge on any atom is -0.375 e. The molecule has 20 heavy (non-hydrogen) atoms. The molecule has 0 aliphatic carbocycles. The standard InChI is InChI=1S/C14H22ClN3O2/c1-3-6-20-13-8-16-5-4-11(13)18-14(19)12-7-10(15)9(2)17-12/h7,11,13,16-17H,3-6,8H2,1-2H3,(H,18,19)/t11-,13+/m1/s1. The predicted octanol–water partition coefficient (Wildman–Crippen LogP) is 1.86. The molecule has 1 saturated heterocycles. The van der Waals surface area contributed by atoms with Crippen molar-refractivity contribution in [2.24, 2.45) is 0 Å². The van der Waals surface area contributed by atoms with Crippen LogP contribution < -0.4 is 10.6 Å². The predicted molar refractivity (Wildman–Crippen MR) is 79.3 cm³/mol. The van der Waals surface area contributed by atoms with Gasteiger partial charge in [-0.25, -0.2) is 0 Å². The molecule has 1 amide bonds. The highest BCUT2D eigenvalue weighted by atomic mass is 35.5. The first-order valence-corrected chi connectivity index (χ1v) is 7.48. The van der Waals surface area contributed by atoms with Crippen molar-refractivity contribution >= 4 is 17.5 Å². The van der Waals surface area contributed by atoms with Gasteiger partial charge in [0.25, 0.3) is 5.91 Å². The number of carbonyl (C=O) groups is 1. The smallest absolute Gasteiger partial charge is 0.268 e. The summed E-state index contributed by atoms with van der Waals surface area (Å²) in [6.45, 7) is 6.30. The molecule has 2 heterocycles. The number of halogens is 1. The van der Waals surface area contributed by atoms with Crippen LogP contribution in [0.15, 0.2) is 6.07 Å². The molecular weight excluding hydrogens is 278 g/mol. The van der Waals surface area contributed by atoms with Crippen LogP contribution in [0.1, 0.15) is 35.9 Å². The summed E-state index contributed by atoms with van der Waals surface area (Å²) in [5.74, 6) is -0.128. The van der Waals surface area contributed by atoms with Crippen molar-refractivity contribution in [1.29, 1.82) is 0 Å². The van der Waals surface area contributed by atoms with Crippen LogP contribution in [0, 0.1) is 6.92 Å². The summed E-state index contributed by atoms with van der Waals surface area (Å²) in [5.41, 5.74) is 1.31. The topological polar surface area (TPSA) is 66.2 Å². The molecule has 0 aromatic carbocycles. The number of hydrogen-bond acceptors (Lipinski definition) is 3. The van der Waals surface area contributed by atoms with E-state index >= 15 is 0 Å². The zero-order valence-corrected chi connectivity index (χ0v) is 12.7. The zero-order valence-electron chi connectivity index (χ0n) is 12.0. The molecule has 3 N–H and O–H groups in total. The van der Waals surface area contributed by atoms with E-state index < -0.39 is 0 Å². The van der Waals surface area contributed by atoms with Gasteiger partial charge < -0.3 is 20.4 Å². The summed E-state index contributed by atoms with van der Waals surface area (Å²) in [7, 11) is 0.